The molecule has 0 radical (unpaired) electrons. The van der Waals surface area contributed by atoms with Crippen molar-refractivity contribution < 1.29 is 23.2 Å². The smallest absolute Gasteiger partial charge is 0.270 e. The van der Waals surface area contributed by atoms with E-state index in [9.17, 15) is 18.4 Å². The van der Waals surface area contributed by atoms with Crippen LogP contribution in [0.5, 0.6) is 0 Å². The predicted molar refractivity (Wildman–Crippen MR) is 102 cm³/mol. The third-order valence-electron chi connectivity index (χ3n) is 6.11. The fraction of sp³-hybridized carbons (Fsp3) is 0.750. The van der Waals surface area contributed by atoms with E-state index in [0.29, 0.717) is 32.4 Å². The van der Waals surface area contributed by atoms with Gasteiger partial charge in [-0.25, -0.2) is 8.78 Å². The number of halogens is 2. The minimum atomic E-state index is -3.16. The monoisotopic (exact) mass is 423 g/mol. The molecule has 2 heterocycles. The van der Waals surface area contributed by atoms with Crippen molar-refractivity contribution >= 4 is 11.8 Å². The maximum Gasteiger partial charge on any atom is 0.270 e. The van der Waals surface area contributed by atoms with Crippen LogP contribution in [-0.4, -0.2) is 58.9 Å². The molecule has 4 rings (SSSR count). The van der Waals surface area contributed by atoms with Gasteiger partial charge in [0.05, 0.1) is 6.07 Å². The summed E-state index contributed by atoms with van der Waals surface area (Å²) >= 11 is 0. The van der Waals surface area contributed by atoms with Gasteiger partial charge in [0, 0.05) is 19.0 Å². The van der Waals surface area contributed by atoms with Gasteiger partial charge in [-0.3, -0.25) is 24.8 Å². The molecule has 2 amide bonds. The SMILES string of the molecule is CC(F)(F)CC(NC(=O)C1=CC2(CCCN(C3CC3)C2)ON1)C(=O)NC1(C#N)CC1. The highest BCUT2D eigenvalue weighted by Crippen LogP contribution is 2.37. The Bertz CT molecular complexity index is 797. The van der Waals surface area contributed by atoms with Crippen LogP contribution in [0.1, 0.15) is 51.9 Å². The lowest BCUT2D eigenvalue weighted by Gasteiger charge is -2.37. The Kier molecular flexibility index (Phi) is 5.22. The summed E-state index contributed by atoms with van der Waals surface area (Å²) in [5.41, 5.74) is 1.11. The van der Waals surface area contributed by atoms with Gasteiger partial charge in [-0.2, -0.15) is 5.26 Å². The molecule has 4 aliphatic rings. The molecule has 2 saturated carbocycles. The maximum absolute atomic E-state index is 13.6. The highest BCUT2D eigenvalue weighted by Gasteiger charge is 2.47. The lowest BCUT2D eigenvalue weighted by atomic mass is 9.92. The fourth-order valence-corrected chi connectivity index (χ4v) is 4.14. The Morgan fingerprint density at radius 1 is 1.43 bits per heavy atom. The molecule has 0 aromatic heterocycles. The number of hydrogen-bond acceptors (Lipinski definition) is 6. The lowest BCUT2D eigenvalue weighted by molar-refractivity contribution is -0.131. The molecule has 0 aromatic carbocycles. The van der Waals surface area contributed by atoms with Crippen LogP contribution in [0.25, 0.3) is 0 Å². The summed E-state index contributed by atoms with van der Waals surface area (Å²) in [5.74, 6) is -4.63. The highest BCUT2D eigenvalue weighted by molar-refractivity contribution is 5.97. The van der Waals surface area contributed by atoms with E-state index in [4.69, 9.17) is 10.1 Å². The zero-order valence-electron chi connectivity index (χ0n) is 17.0. The van der Waals surface area contributed by atoms with Crippen LogP contribution in [0.15, 0.2) is 11.8 Å². The first-order valence-corrected chi connectivity index (χ1v) is 10.5. The van der Waals surface area contributed by atoms with Gasteiger partial charge in [-0.15, -0.1) is 0 Å². The van der Waals surface area contributed by atoms with Crippen molar-refractivity contribution in [3.63, 3.8) is 0 Å². The summed E-state index contributed by atoms with van der Waals surface area (Å²) in [4.78, 5) is 33.3. The molecule has 3 fully saturated rings. The quantitative estimate of drug-likeness (QED) is 0.566. The number of nitrogens with zero attached hydrogens (tertiary/aromatic N) is 2. The van der Waals surface area contributed by atoms with Gasteiger partial charge < -0.3 is 10.6 Å². The summed E-state index contributed by atoms with van der Waals surface area (Å²) in [5, 5.41) is 14.0. The van der Waals surface area contributed by atoms with Crippen LogP contribution in [0.2, 0.25) is 0 Å². The second-order valence-corrected chi connectivity index (χ2v) is 9.12. The van der Waals surface area contributed by atoms with Crippen molar-refractivity contribution in [3.05, 3.63) is 11.8 Å². The third kappa shape index (κ3) is 4.73. The number of piperidine rings is 1. The zero-order valence-corrected chi connectivity index (χ0v) is 17.0. The Hall–Kier alpha value is -2.25. The van der Waals surface area contributed by atoms with Crippen LogP contribution in [0.3, 0.4) is 0 Å². The van der Waals surface area contributed by atoms with E-state index in [1.54, 1.807) is 6.08 Å². The molecule has 0 bridgehead atoms. The second kappa shape index (κ2) is 7.46. The molecule has 2 unspecified atom stereocenters. The standard InChI is InChI=1S/C20H27F2N5O3/c1-18(21,22)9-14(17(29)25-19(11-23)6-7-19)24-16(28)15-10-20(30-26-15)5-2-8-27(12-20)13-3-4-13/h10,13-14,26H,2-9,12H2,1H3,(H,24,28)(H,25,29). The Labute approximate surface area is 173 Å². The second-order valence-electron chi connectivity index (χ2n) is 9.12. The summed E-state index contributed by atoms with van der Waals surface area (Å²) in [7, 11) is 0. The first-order chi connectivity index (χ1) is 14.1. The van der Waals surface area contributed by atoms with E-state index >= 15 is 0 Å². The Morgan fingerprint density at radius 2 is 2.17 bits per heavy atom. The highest BCUT2D eigenvalue weighted by atomic mass is 19.3. The minimum absolute atomic E-state index is 0.117. The first-order valence-electron chi connectivity index (χ1n) is 10.5. The predicted octanol–water partition coefficient (Wildman–Crippen LogP) is 1.10. The number of likely N-dealkylation sites (tertiary alicyclic amines) is 1. The first kappa shape index (κ1) is 21.0. The lowest BCUT2D eigenvalue weighted by Crippen LogP contribution is -2.52. The van der Waals surface area contributed by atoms with Gasteiger partial charge in [-0.1, -0.05) is 0 Å². The summed E-state index contributed by atoms with van der Waals surface area (Å²) in [6.45, 7) is 2.36. The molecule has 10 heteroatoms. The number of carbonyl (C=O) groups excluding carboxylic acids is 2. The van der Waals surface area contributed by atoms with E-state index in [2.05, 4.69) is 21.0 Å². The van der Waals surface area contributed by atoms with Crippen LogP contribution in [-0.2, 0) is 14.4 Å². The van der Waals surface area contributed by atoms with Crippen LogP contribution in [0.4, 0.5) is 8.78 Å². The summed E-state index contributed by atoms with van der Waals surface area (Å²) in [6.07, 6.45) is 5.82. The topological polar surface area (TPSA) is 106 Å². The number of amides is 2. The molecule has 8 nitrogen and oxygen atoms in total. The molecule has 164 valence electrons. The fourth-order valence-electron chi connectivity index (χ4n) is 4.14. The van der Waals surface area contributed by atoms with E-state index < -0.39 is 41.3 Å². The molecule has 1 spiro atoms. The number of rotatable bonds is 7. The number of hydrogen-bond donors (Lipinski definition) is 3. The van der Waals surface area contributed by atoms with Gasteiger partial charge in [0.1, 0.15) is 22.9 Å². The van der Waals surface area contributed by atoms with Crippen molar-refractivity contribution in [3.8, 4) is 6.07 Å². The van der Waals surface area contributed by atoms with Gasteiger partial charge in [0.2, 0.25) is 11.8 Å². The van der Waals surface area contributed by atoms with E-state index in [1.807, 2.05) is 6.07 Å². The van der Waals surface area contributed by atoms with E-state index in [0.717, 1.165) is 19.4 Å². The van der Waals surface area contributed by atoms with Crippen molar-refractivity contribution in [2.75, 3.05) is 13.1 Å². The molecular weight excluding hydrogens is 396 g/mol. The Morgan fingerprint density at radius 3 is 2.77 bits per heavy atom. The molecule has 3 N–H and O–H groups in total. The third-order valence-corrected chi connectivity index (χ3v) is 6.11. The number of nitriles is 1. The number of carbonyl (C=O) groups is 2. The summed E-state index contributed by atoms with van der Waals surface area (Å²) in [6, 6.07) is 1.10. The van der Waals surface area contributed by atoms with Crippen LogP contribution < -0.4 is 16.1 Å². The maximum atomic E-state index is 13.6. The molecule has 2 aliphatic carbocycles. The number of alkyl halides is 2. The average molecular weight is 423 g/mol. The van der Waals surface area contributed by atoms with Crippen molar-refractivity contribution in [2.24, 2.45) is 0 Å². The van der Waals surface area contributed by atoms with Gasteiger partial charge >= 0.3 is 0 Å². The number of nitrogens with one attached hydrogen (secondary N) is 3. The zero-order chi connectivity index (χ0) is 21.6. The van der Waals surface area contributed by atoms with Crippen molar-refractivity contribution in [1.29, 1.82) is 5.26 Å². The van der Waals surface area contributed by atoms with Crippen molar-refractivity contribution in [1.82, 2.24) is 21.0 Å². The Balaban J connectivity index is 1.42. The van der Waals surface area contributed by atoms with E-state index in [-0.39, 0.29) is 5.70 Å². The van der Waals surface area contributed by atoms with E-state index in [1.165, 1.54) is 12.8 Å². The van der Waals surface area contributed by atoms with Gasteiger partial charge in [0.15, 0.2) is 0 Å². The van der Waals surface area contributed by atoms with Gasteiger partial charge in [-0.05, 0) is 58.1 Å². The normalized spacial score (nSPS) is 28.8. The number of hydroxylamine groups is 1. The molecule has 2 atom stereocenters. The molecule has 1 saturated heterocycles. The van der Waals surface area contributed by atoms with Crippen LogP contribution >= 0.6 is 0 Å². The molecule has 2 aliphatic heterocycles. The average Bonchev–Trinajstić information content (AvgIpc) is 3.60. The van der Waals surface area contributed by atoms with Gasteiger partial charge in [0.25, 0.3) is 5.91 Å². The largest absolute Gasteiger partial charge is 0.339 e. The summed E-state index contributed by atoms with van der Waals surface area (Å²) < 4.78 is 27.3. The van der Waals surface area contributed by atoms with Crippen molar-refractivity contribution in [2.45, 2.75) is 81.0 Å². The molecule has 0 aromatic rings. The molecule has 30 heavy (non-hydrogen) atoms. The van der Waals surface area contributed by atoms with Crippen LogP contribution in [0, 0.1) is 11.3 Å². The molecular formula is C20H27F2N5O3. The minimum Gasteiger partial charge on any atom is -0.339 e.